The molecular formula is C18H25N5O. The minimum Gasteiger partial charge on any atom is -0.381 e. The minimum atomic E-state index is 0.445. The Labute approximate surface area is 142 Å². The zero-order valence-corrected chi connectivity index (χ0v) is 14.3. The third-order valence-electron chi connectivity index (χ3n) is 5.33. The van der Waals surface area contributed by atoms with E-state index in [2.05, 4.69) is 14.9 Å². The van der Waals surface area contributed by atoms with Gasteiger partial charge in [0.05, 0.1) is 23.9 Å². The molecule has 2 aromatic rings. The Balaban J connectivity index is 1.58. The van der Waals surface area contributed by atoms with Crippen molar-refractivity contribution in [1.82, 2.24) is 24.4 Å². The fraction of sp³-hybridized carbons (Fsp3) is 0.611. The molecule has 0 amide bonds. The molecule has 4 rings (SSSR count). The molecule has 0 radical (unpaired) electrons. The van der Waals surface area contributed by atoms with Gasteiger partial charge in [0, 0.05) is 51.2 Å². The van der Waals surface area contributed by atoms with Crippen molar-refractivity contribution in [1.29, 1.82) is 0 Å². The molecule has 128 valence electrons. The molecule has 2 saturated heterocycles. The summed E-state index contributed by atoms with van der Waals surface area (Å²) in [4.78, 5) is 16.3. The maximum absolute atomic E-state index is 5.52. The molecule has 0 spiro atoms. The monoisotopic (exact) mass is 327 g/mol. The standard InChI is InChI=1S/C18H25N5O/c1-22-13-19-11-16(22)18-17(20-6-7-21-18)14-3-2-8-23(12-14)15-4-9-24-10-5-15/h6-7,11,13-15H,2-5,8-10,12H2,1H3/t14-/m0/s1. The molecule has 2 aliphatic heterocycles. The molecule has 0 bridgehead atoms. The minimum absolute atomic E-state index is 0.445. The van der Waals surface area contributed by atoms with Crippen LogP contribution >= 0.6 is 0 Å². The van der Waals surface area contributed by atoms with Crippen LogP contribution in [0.2, 0.25) is 0 Å². The number of nitrogens with zero attached hydrogens (tertiary/aromatic N) is 5. The molecule has 0 aliphatic carbocycles. The van der Waals surface area contributed by atoms with E-state index in [9.17, 15) is 0 Å². The first-order chi connectivity index (χ1) is 11.8. The van der Waals surface area contributed by atoms with Crippen molar-refractivity contribution in [2.24, 2.45) is 7.05 Å². The lowest BCUT2D eigenvalue weighted by Gasteiger charge is -2.40. The molecule has 2 fully saturated rings. The summed E-state index contributed by atoms with van der Waals surface area (Å²) in [6.45, 7) is 4.07. The van der Waals surface area contributed by atoms with Gasteiger partial charge in [0.25, 0.3) is 0 Å². The van der Waals surface area contributed by atoms with Crippen molar-refractivity contribution in [3.8, 4) is 11.4 Å². The first-order valence-corrected chi connectivity index (χ1v) is 8.92. The van der Waals surface area contributed by atoms with Gasteiger partial charge in [0.2, 0.25) is 0 Å². The number of piperidine rings is 1. The average molecular weight is 327 g/mol. The number of rotatable bonds is 3. The summed E-state index contributed by atoms with van der Waals surface area (Å²) in [7, 11) is 2.01. The second-order valence-electron chi connectivity index (χ2n) is 6.86. The largest absolute Gasteiger partial charge is 0.381 e. The highest BCUT2D eigenvalue weighted by molar-refractivity contribution is 5.57. The Bertz CT molecular complexity index is 680. The molecule has 1 atom stereocenters. The van der Waals surface area contributed by atoms with Crippen LogP contribution in [0.3, 0.4) is 0 Å². The molecule has 6 heteroatoms. The van der Waals surface area contributed by atoms with Crippen molar-refractivity contribution in [3.63, 3.8) is 0 Å². The zero-order valence-electron chi connectivity index (χ0n) is 14.3. The van der Waals surface area contributed by atoms with E-state index in [1.54, 1.807) is 6.20 Å². The predicted octanol–water partition coefficient (Wildman–Crippen LogP) is 2.24. The van der Waals surface area contributed by atoms with Crippen molar-refractivity contribution in [3.05, 3.63) is 30.6 Å². The molecule has 2 aromatic heterocycles. The van der Waals surface area contributed by atoms with E-state index in [-0.39, 0.29) is 0 Å². The van der Waals surface area contributed by atoms with Gasteiger partial charge in [-0.05, 0) is 32.2 Å². The van der Waals surface area contributed by atoms with Gasteiger partial charge in [-0.15, -0.1) is 0 Å². The fourth-order valence-electron chi connectivity index (χ4n) is 4.04. The number of hydrogen-bond donors (Lipinski definition) is 0. The van der Waals surface area contributed by atoms with Crippen LogP contribution in [0, 0.1) is 0 Å². The summed E-state index contributed by atoms with van der Waals surface area (Å²) >= 11 is 0. The summed E-state index contributed by atoms with van der Waals surface area (Å²) in [5, 5.41) is 0. The van der Waals surface area contributed by atoms with Crippen LogP contribution in [-0.4, -0.2) is 56.8 Å². The van der Waals surface area contributed by atoms with Gasteiger partial charge >= 0.3 is 0 Å². The lowest BCUT2D eigenvalue weighted by atomic mass is 9.90. The number of likely N-dealkylation sites (tertiary alicyclic amines) is 1. The number of imidazole rings is 1. The number of aromatic nitrogens is 4. The van der Waals surface area contributed by atoms with Gasteiger partial charge in [0.15, 0.2) is 0 Å². The third kappa shape index (κ3) is 3.08. The van der Waals surface area contributed by atoms with Gasteiger partial charge in [0.1, 0.15) is 5.69 Å². The summed E-state index contributed by atoms with van der Waals surface area (Å²) < 4.78 is 7.54. The van der Waals surface area contributed by atoms with Crippen molar-refractivity contribution >= 4 is 0 Å². The smallest absolute Gasteiger partial charge is 0.110 e. The average Bonchev–Trinajstić information content (AvgIpc) is 3.08. The summed E-state index contributed by atoms with van der Waals surface area (Å²) in [6.07, 6.45) is 12.0. The molecule has 0 N–H and O–H groups in total. The number of ether oxygens (including phenoxy) is 1. The first kappa shape index (κ1) is 15.7. The molecule has 0 unspecified atom stereocenters. The van der Waals surface area contributed by atoms with Crippen LogP contribution in [0.4, 0.5) is 0 Å². The number of hydrogen-bond acceptors (Lipinski definition) is 5. The summed E-state index contributed by atoms with van der Waals surface area (Å²) in [6, 6.07) is 0.665. The van der Waals surface area contributed by atoms with Crippen LogP contribution < -0.4 is 0 Å². The van der Waals surface area contributed by atoms with Crippen molar-refractivity contribution in [2.75, 3.05) is 26.3 Å². The van der Waals surface area contributed by atoms with Gasteiger partial charge in [-0.1, -0.05) is 0 Å². The molecule has 0 aromatic carbocycles. The van der Waals surface area contributed by atoms with Crippen LogP contribution in [0.1, 0.15) is 37.3 Å². The Morgan fingerprint density at radius 2 is 1.96 bits per heavy atom. The van der Waals surface area contributed by atoms with E-state index in [4.69, 9.17) is 9.72 Å². The van der Waals surface area contributed by atoms with Gasteiger partial charge < -0.3 is 9.30 Å². The van der Waals surface area contributed by atoms with Crippen LogP contribution in [0.25, 0.3) is 11.4 Å². The van der Waals surface area contributed by atoms with Crippen LogP contribution in [0.5, 0.6) is 0 Å². The second-order valence-corrected chi connectivity index (χ2v) is 6.86. The van der Waals surface area contributed by atoms with E-state index < -0.39 is 0 Å². The summed E-state index contributed by atoms with van der Waals surface area (Å²) in [5.41, 5.74) is 3.15. The Kier molecular flexibility index (Phi) is 4.58. The zero-order chi connectivity index (χ0) is 16.4. The topological polar surface area (TPSA) is 56.1 Å². The van der Waals surface area contributed by atoms with E-state index in [1.165, 1.54) is 19.4 Å². The Morgan fingerprint density at radius 3 is 2.75 bits per heavy atom. The van der Waals surface area contributed by atoms with Gasteiger partial charge in [-0.3, -0.25) is 14.9 Å². The molecule has 6 nitrogen and oxygen atoms in total. The second kappa shape index (κ2) is 6.99. The van der Waals surface area contributed by atoms with Crippen molar-refractivity contribution < 1.29 is 4.74 Å². The Morgan fingerprint density at radius 1 is 1.12 bits per heavy atom. The molecule has 24 heavy (non-hydrogen) atoms. The molecule has 4 heterocycles. The van der Waals surface area contributed by atoms with Crippen LogP contribution in [-0.2, 0) is 11.8 Å². The molecule has 0 saturated carbocycles. The maximum Gasteiger partial charge on any atom is 0.110 e. The molecule has 2 aliphatic rings. The lowest BCUT2D eigenvalue weighted by Crippen LogP contribution is -2.44. The van der Waals surface area contributed by atoms with Crippen molar-refractivity contribution in [2.45, 2.75) is 37.6 Å². The van der Waals surface area contributed by atoms with Crippen LogP contribution in [0.15, 0.2) is 24.9 Å². The molecular weight excluding hydrogens is 302 g/mol. The first-order valence-electron chi connectivity index (χ1n) is 8.92. The van der Waals surface area contributed by atoms with E-state index >= 15 is 0 Å². The van der Waals surface area contributed by atoms with Gasteiger partial charge in [-0.25, -0.2) is 4.98 Å². The Hall–Kier alpha value is -1.79. The van der Waals surface area contributed by atoms with E-state index in [1.807, 2.05) is 30.3 Å². The summed E-state index contributed by atoms with van der Waals surface area (Å²) in [5.74, 6) is 0.445. The normalized spacial score (nSPS) is 23.5. The fourth-order valence-corrected chi connectivity index (χ4v) is 4.04. The highest BCUT2D eigenvalue weighted by atomic mass is 16.5. The predicted molar refractivity (Wildman–Crippen MR) is 91.6 cm³/mol. The highest BCUT2D eigenvalue weighted by Gasteiger charge is 2.30. The van der Waals surface area contributed by atoms with E-state index in [0.717, 1.165) is 49.7 Å². The lowest BCUT2D eigenvalue weighted by molar-refractivity contribution is 0.0238. The highest BCUT2D eigenvalue weighted by Crippen LogP contribution is 2.33. The third-order valence-corrected chi connectivity index (χ3v) is 5.33. The maximum atomic E-state index is 5.52. The number of aryl methyl sites for hydroxylation is 1. The quantitative estimate of drug-likeness (QED) is 0.865. The van der Waals surface area contributed by atoms with Gasteiger partial charge in [-0.2, -0.15) is 0 Å². The SMILES string of the molecule is Cn1cncc1-c1nccnc1[C@H]1CCCN(C2CCOCC2)C1. The van der Waals surface area contributed by atoms with E-state index in [0.29, 0.717) is 12.0 Å².